The van der Waals surface area contributed by atoms with Gasteiger partial charge in [-0.2, -0.15) is 0 Å². The quantitative estimate of drug-likeness (QED) is 0.749. The molecule has 0 bridgehead atoms. The Labute approximate surface area is 160 Å². The first-order valence-corrected chi connectivity index (χ1v) is 9.34. The molecule has 1 aliphatic rings. The molecule has 0 heterocycles. The fraction of sp³-hybridized carbons (Fsp3) is 0.600. The van der Waals surface area contributed by atoms with Crippen molar-refractivity contribution in [1.29, 1.82) is 0 Å². The Morgan fingerprint density at radius 3 is 2.30 bits per heavy atom. The number of hydrogen-bond acceptors (Lipinski definition) is 4. The minimum atomic E-state index is -1.06. The number of halogens is 1. The zero-order chi connectivity index (χ0) is 20.2. The minimum Gasteiger partial charge on any atom is -0.444 e. The number of ether oxygens (including phenoxy) is 1. The Bertz CT molecular complexity index is 662. The Balaban J connectivity index is 2.13. The van der Waals surface area contributed by atoms with E-state index in [1.54, 1.807) is 32.9 Å². The van der Waals surface area contributed by atoms with Gasteiger partial charge in [0.15, 0.2) is 0 Å². The Hall–Kier alpha value is -2.15. The molecular formula is C20H30FN3O3. The van der Waals surface area contributed by atoms with Crippen LogP contribution in [0.25, 0.3) is 0 Å². The smallest absolute Gasteiger partial charge is 0.408 e. The molecule has 0 unspecified atom stereocenters. The van der Waals surface area contributed by atoms with Crippen LogP contribution in [-0.4, -0.2) is 29.2 Å². The van der Waals surface area contributed by atoms with Crippen LogP contribution in [0.15, 0.2) is 24.3 Å². The van der Waals surface area contributed by atoms with E-state index in [4.69, 9.17) is 10.5 Å². The van der Waals surface area contributed by atoms with Crippen molar-refractivity contribution < 1.29 is 18.7 Å². The zero-order valence-corrected chi connectivity index (χ0v) is 16.5. The van der Waals surface area contributed by atoms with Gasteiger partial charge in [-0.05, 0) is 71.1 Å². The van der Waals surface area contributed by atoms with E-state index in [0.29, 0.717) is 25.7 Å². The third-order valence-electron chi connectivity index (χ3n) is 4.78. The van der Waals surface area contributed by atoms with Gasteiger partial charge in [-0.25, -0.2) is 9.18 Å². The Morgan fingerprint density at radius 2 is 1.78 bits per heavy atom. The van der Waals surface area contributed by atoms with Gasteiger partial charge < -0.3 is 21.1 Å². The molecule has 2 rings (SSSR count). The van der Waals surface area contributed by atoms with Crippen LogP contribution in [0.1, 0.15) is 65.0 Å². The summed E-state index contributed by atoms with van der Waals surface area (Å²) in [5.41, 5.74) is 5.04. The van der Waals surface area contributed by atoms with E-state index in [1.165, 1.54) is 12.1 Å². The summed E-state index contributed by atoms with van der Waals surface area (Å²) in [5.74, 6) is -0.612. The molecule has 2 amide bonds. The molecule has 7 heteroatoms. The molecular weight excluding hydrogens is 349 g/mol. The molecule has 0 spiro atoms. The maximum atomic E-state index is 13.1. The first kappa shape index (κ1) is 21.2. The van der Waals surface area contributed by atoms with E-state index in [2.05, 4.69) is 10.6 Å². The van der Waals surface area contributed by atoms with Crippen molar-refractivity contribution >= 4 is 12.0 Å². The molecule has 0 aromatic heterocycles. The Morgan fingerprint density at radius 1 is 1.22 bits per heavy atom. The minimum absolute atomic E-state index is 0.0147. The van der Waals surface area contributed by atoms with E-state index in [-0.39, 0.29) is 23.8 Å². The fourth-order valence-corrected chi connectivity index (χ4v) is 3.21. The molecule has 1 aromatic carbocycles. The second-order valence-corrected chi connectivity index (χ2v) is 8.29. The van der Waals surface area contributed by atoms with Crippen molar-refractivity contribution in [2.75, 3.05) is 0 Å². The summed E-state index contributed by atoms with van der Waals surface area (Å²) < 4.78 is 18.5. The number of amides is 2. The summed E-state index contributed by atoms with van der Waals surface area (Å²) in [6.45, 7) is 7.13. The van der Waals surface area contributed by atoms with Gasteiger partial charge in [0.05, 0.1) is 6.04 Å². The Kier molecular flexibility index (Phi) is 6.46. The third kappa shape index (κ3) is 5.92. The summed E-state index contributed by atoms with van der Waals surface area (Å²) >= 11 is 0. The van der Waals surface area contributed by atoms with Crippen LogP contribution in [-0.2, 0) is 9.53 Å². The fourth-order valence-electron chi connectivity index (χ4n) is 3.21. The molecule has 1 fully saturated rings. The van der Waals surface area contributed by atoms with E-state index in [0.717, 1.165) is 5.56 Å². The van der Waals surface area contributed by atoms with Crippen molar-refractivity contribution in [2.24, 2.45) is 5.73 Å². The second-order valence-electron chi connectivity index (χ2n) is 8.29. The van der Waals surface area contributed by atoms with Crippen LogP contribution in [0.4, 0.5) is 9.18 Å². The van der Waals surface area contributed by atoms with E-state index in [1.807, 2.05) is 6.92 Å². The molecule has 1 atom stereocenters. The van der Waals surface area contributed by atoms with Gasteiger partial charge in [-0.3, -0.25) is 4.79 Å². The van der Waals surface area contributed by atoms with Crippen LogP contribution in [0, 0.1) is 5.82 Å². The molecule has 6 nitrogen and oxygen atoms in total. The van der Waals surface area contributed by atoms with Crippen LogP contribution < -0.4 is 16.4 Å². The number of nitrogens with one attached hydrogen (secondary N) is 2. The molecule has 1 aliphatic carbocycles. The van der Waals surface area contributed by atoms with Crippen LogP contribution in [0.3, 0.4) is 0 Å². The van der Waals surface area contributed by atoms with Crippen LogP contribution in [0.2, 0.25) is 0 Å². The summed E-state index contributed by atoms with van der Waals surface area (Å²) in [4.78, 5) is 25.4. The third-order valence-corrected chi connectivity index (χ3v) is 4.78. The zero-order valence-electron chi connectivity index (χ0n) is 16.5. The summed E-state index contributed by atoms with van der Waals surface area (Å²) in [6.07, 6.45) is 1.52. The van der Waals surface area contributed by atoms with E-state index < -0.39 is 17.2 Å². The van der Waals surface area contributed by atoms with Crippen molar-refractivity contribution in [3.63, 3.8) is 0 Å². The number of carbonyl (C=O) groups is 2. The second kappa shape index (κ2) is 8.25. The lowest BCUT2D eigenvalue weighted by Crippen LogP contribution is -2.62. The predicted molar refractivity (Wildman–Crippen MR) is 102 cm³/mol. The molecule has 0 radical (unpaired) electrons. The monoisotopic (exact) mass is 379 g/mol. The van der Waals surface area contributed by atoms with Crippen molar-refractivity contribution in [1.82, 2.24) is 10.6 Å². The van der Waals surface area contributed by atoms with E-state index >= 15 is 0 Å². The maximum absolute atomic E-state index is 13.1. The molecule has 1 saturated carbocycles. The molecule has 4 N–H and O–H groups in total. The standard InChI is InChI=1S/C20H30FN3O3/c1-13(14-5-7-15(21)8-6-14)23-17(25)20(11-9-16(22)10-12-20)24-18(26)27-19(2,3)4/h5-8,13,16H,9-12,22H2,1-4H3,(H,23,25)(H,24,26)/t13-,16?,20?/m1/s1. The van der Waals surface area contributed by atoms with Gasteiger partial charge in [0, 0.05) is 6.04 Å². The van der Waals surface area contributed by atoms with Gasteiger partial charge in [-0.15, -0.1) is 0 Å². The first-order chi connectivity index (χ1) is 12.5. The topological polar surface area (TPSA) is 93.5 Å². The molecule has 0 saturated heterocycles. The van der Waals surface area contributed by atoms with Crippen molar-refractivity contribution in [3.05, 3.63) is 35.6 Å². The average molecular weight is 379 g/mol. The highest BCUT2D eigenvalue weighted by Crippen LogP contribution is 2.29. The van der Waals surface area contributed by atoms with Crippen LogP contribution in [0.5, 0.6) is 0 Å². The van der Waals surface area contributed by atoms with Crippen molar-refractivity contribution in [2.45, 2.75) is 76.6 Å². The highest BCUT2D eigenvalue weighted by molar-refractivity contribution is 5.90. The lowest BCUT2D eigenvalue weighted by Gasteiger charge is -2.39. The van der Waals surface area contributed by atoms with E-state index in [9.17, 15) is 14.0 Å². The highest BCUT2D eigenvalue weighted by atomic mass is 19.1. The SMILES string of the molecule is C[C@@H](NC(=O)C1(NC(=O)OC(C)(C)C)CCC(N)CC1)c1ccc(F)cc1. The van der Waals surface area contributed by atoms with Gasteiger partial charge >= 0.3 is 6.09 Å². The predicted octanol–water partition coefficient (Wildman–Crippen LogP) is 3.17. The van der Waals surface area contributed by atoms with Gasteiger partial charge in [0.25, 0.3) is 0 Å². The number of alkyl carbamates (subject to hydrolysis) is 1. The summed E-state index contributed by atoms with van der Waals surface area (Å²) in [7, 11) is 0. The van der Waals surface area contributed by atoms with Gasteiger partial charge in [0.1, 0.15) is 17.0 Å². The van der Waals surface area contributed by atoms with Crippen LogP contribution >= 0.6 is 0 Å². The summed E-state index contributed by atoms with van der Waals surface area (Å²) in [5, 5.41) is 5.72. The molecule has 0 aliphatic heterocycles. The molecule has 150 valence electrons. The van der Waals surface area contributed by atoms with Crippen molar-refractivity contribution in [3.8, 4) is 0 Å². The summed E-state index contributed by atoms with van der Waals surface area (Å²) in [6, 6.07) is 5.65. The van der Waals surface area contributed by atoms with Gasteiger partial charge in [-0.1, -0.05) is 12.1 Å². The molecule has 27 heavy (non-hydrogen) atoms. The first-order valence-electron chi connectivity index (χ1n) is 9.34. The number of carbonyl (C=O) groups excluding carboxylic acids is 2. The largest absolute Gasteiger partial charge is 0.444 e. The molecule has 1 aromatic rings. The normalized spacial score (nSPS) is 24.0. The number of rotatable bonds is 4. The highest BCUT2D eigenvalue weighted by Gasteiger charge is 2.43. The number of benzene rings is 1. The maximum Gasteiger partial charge on any atom is 0.408 e. The number of hydrogen-bond donors (Lipinski definition) is 3. The lowest BCUT2D eigenvalue weighted by molar-refractivity contribution is -0.129. The van der Waals surface area contributed by atoms with Gasteiger partial charge in [0.2, 0.25) is 5.91 Å². The lowest BCUT2D eigenvalue weighted by atomic mass is 9.78. The number of nitrogens with two attached hydrogens (primary N) is 1. The average Bonchev–Trinajstić information content (AvgIpc) is 2.56.